The number of hydrogen-bond donors (Lipinski definition) is 1. The van der Waals surface area contributed by atoms with E-state index in [1.54, 1.807) is 7.11 Å². The molecule has 0 spiro atoms. The fourth-order valence-electron chi connectivity index (χ4n) is 2.78. The number of hydrogen-bond acceptors (Lipinski definition) is 4. The lowest BCUT2D eigenvalue weighted by Crippen LogP contribution is -2.49. The summed E-state index contributed by atoms with van der Waals surface area (Å²) in [5.74, 6) is 0.915. The maximum Gasteiger partial charge on any atom is 0.119 e. The van der Waals surface area contributed by atoms with Crippen LogP contribution in [0.25, 0.3) is 0 Å². The highest BCUT2D eigenvalue weighted by Crippen LogP contribution is 2.20. The van der Waals surface area contributed by atoms with E-state index in [4.69, 9.17) is 10.5 Å². The average Bonchev–Trinajstić information content (AvgIpc) is 2.48. The largest absolute Gasteiger partial charge is 0.497 e. The van der Waals surface area contributed by atoms with Gasteiger partial charge < -0.3 is 15.4 Å². The quantitative estimate of drug-likeness (QED) is 0.863. The first kappa shape index (κ1) is 15.1. The molecule has 2 N–H and O–H groups in total. The number of anilines is 1. The van der Waals surface area contributed by atoms with E-state index >= 15 is 0 Å². The monoisotopic (exact) mass is 277 g/mol. The first-order chi connectivity index (χ1) is 9.72. The molecular weight excluding hydrogens is 250 g/mol. The van der Waals surface area contributed by atoms with Gasteiger partial charge in [0.15, 0.2) is 0 Å². The summed E-state index contributed by atoms with van der Waals surface area (Å²) in [7, 11) is 1.70. The molecule has 0 aromatic heterocycles. The van der Waals surface area contributed by atoms with E-state index < -0.39 is 0 Å². The summed E-state index contributed by atoms with van der Waals surface area (Å²) in [6.45, 7) is 7.58. The molecule has 0 saturated carbocycles. The third-order valence-corrected chi connectivity index (χ3v) is 3.96. The third-order valence-electron chi connectivity index (χ3n) is 3.96. The van der Waals surface area contributed by atoms with Gasteiger partial charge >= 0.3 is 0 Å². The van der Waals surface area contributed by atoms with Crippen molar-refractivity contribution in [1.82, 2.24) is 4.90 Å². The minimum atomic E-state index is 0.326. The van der Waals surface area contributed by atoms with Crippen LogP contribution in [0.2, 0.25) is 0 Å². The maximum atomic E-state index is 6.12. The van der Waals surface area contributed by atoms with Crippen LogP contribution in [0.15, 0.2) is 24.3 Å². The van der Waals surface area contributed by atoms with Crippen LogP contribution in [-0.2, 0) is 0 Å². The highest BCUT2D eigenvalue weighted by atomic mass is 16.5. The van der Waals surface area contributed by atoms with Crippen molar-refractivity contribution in [3.8, 4) is 5.75 Å². The minimum absolute atomic E-state index is 0.326. The highest BCUT2D eigenvalue weighted by Gasteiger charge is 2.18. The summed E-state index contributed by atoms with van der Waals surface area (Å²) in [5, 5.41) is 0. The molecule has 1 aliphatic rings. The topological polar surface area (TPSA) is 41.7 Å². The molecule has 2 rings (SSSR count). The molecule has 20 heavy (non-hydrogen) atoms. The van der Waals surface area contributed by atoms with Crippen LogP contribution in [0.5, 0.6) is 5.75 Å². The van der Waals surface area contributed by atoms with Crippen LogP contribution in [-0.4, -0.2) is 50.8 Å². The van der Waals surface area contributed by atoms with E-state index in [9.17, 15) is 0 Å². The van der Waals surface area contributed by atoms with Gasteiger partial charge in [-0.05, 0) is 30.7 Å². The Labute approximate surface area is 122 Å². The van der Waals surface area contributed by atoms with Gasteiger partial charge in [-0.2, -0.15) is 0 Å². The van der Waals surface area contributed by atoms with Gasteiger partial charge in [0, 0.05) is 44.5 Å². The lowest BCUT2D eigenvalue weighted by molar-refractivity contribution is 0.238. The number of methoxy groups -OCH3 is 1. The number of piperazine rings is 1. The van der Waals surface area contributed by atoms with Crippen LogP contribution in [0.4, 0.5) is 5.69 Å². The van der Waals surface area contributed by atoms with Crippen molar-refractivity contribution in [2.45, 2.75) is 25.8 Å². The first-order valence-corrected chi connectivity index (χ1v) is 7.60. The van der Waals surface area contributed by atoms with Gasteiger partial charge in [-0.3, -0.25) is 4.90 Å². The standard InChI is InChI=1S/C16H27N3O/c1-3-4-14(17)13-18-9-11-19(12-10-18)15-5-7-16(20-2)8-6-15/h5-8,14H,3-4,9-13,17H2,1-2H3. The van der Waals surface area contributed by atoms with Crippen LogP contribution in [0, 0.1) is 0 Å². The Morgan fingerprint density at radius 3 is 2.35 bits per heavy atom. The molecule has 1 aromatic carbocycles. The van der Waals surface area contributed by atoms with E-state index in [1.807, 2.05) is 12.1 Å². The maximum absolute atomic E-state index is 6.12. The van der Waals surface area contributed by atoms with Gasteiger partial charge in [0.2, 0.25) is 0 Å². The molecule has 4 nitrogen and oxygen atoms in total. The van der Waals surface area contributed by atoms with Crippen LogP contribution in [0.1, 0.15) is 19.8 Å². The molecule has 1 unspecified atom stereocenters. The Morgan fingerprint density at radius 2 is 1.80 bits per heavy atom. The number of nitrogens with zero attached hydrogens (tertiary/aromatic N) is 2. The van der Waals surface area contributed by atoms with Gasteiger partial charge in [-0.15, -0.1) is 0 Å². The number of ether oxygens (including phenoxy) is 1. The first-order valence-electron chi connectivity index (χ1n) is 7.60. The number of rotatable bonds is 6. The van der Waals surface area contributed by atoms with E-state index in [-0.39, 0.29) is 0 Å². The van der Waals surface area contributed by atoms with Crippen molar-refractivity contribution in [1.29, 1.82) is 0 Å². The zero-order chi connectivity index (χ0) is 14.4. The Morgan fingerprint density at radius 1 is 1.15 bits per heavy atom. The van der Waals surface area contributed by atoms with Crippen LogP contribution < -0.4 is 15.4 Å². The summed E-state index contributed by atoms with van der Waals surface area (Å²) in [6, 6.07) is 8.65. The molecule has 0 radical (unpaired) electrons. The second kappa shape index (κ2) is 7.50. The second-order valence-electron chi connectivity index (χ2n) is 5.53. The SMILES string of the molecule is CCCC(N)CN1CCN(c2ccc(OC)cc2)CC1. The molecule has 1 heterocycles. The molecule has 1 saturated heterocycles. The predicted octanol–water partition coefficient (Wildman–Crippen LogP) is 1.94. The summed E-state index contributed by atoms with van der Waals surface area (Å²) >= 11 is 0. The zero-order valence-corrected chi connectivity index (χ0v) is 12.7. The third kappa shape index (κ3) is 4.12. The summed E-state index contributed by atoms with van der Waals surface area (Å²) in [4.78, 5) is 4.92. The molecule has 0 aliphatic carbocycles. The lowest BCUT2D eigenvalue weighted by atomic mass is 10.1. The smallest absolute Gasteiger partial charge is 0.119 e. The van der Waals surface area contributed by atoms with Gasteiger partial charge in [-0.25, -0.2) is 0 Å². The van der Waals surface area contributed by atoms with Crippen molar-refractivity contribution < 1.29 is 4.74 Å². The summed E-state index contributed by atoms with van der Waals surface area (Å²) in [5.41, 5.74) is 7.40. The molecule has 4 heteroatoms. The van der Waals surface area contributed by atoms with E-state index in [1.165, 1.54) is 12.1 Å². The number of nitrogens with two attached hydrogens (primary N) is 1. The van der Waals surface area contributed by atoms with Gasteiger partial charge in [0.25, 0.3) is 0 Å². The van der Waals surface area contributed by atoms with Crippen molar-refractivity contribution in [2.24, 2.45) is 5.73 Å². The minimum Gasteiger partial charge on any atom is -0.497 e. The fraction of sp³-hybridized carbons (Fsp3) is 0.625. The molecule has 112 valence electrons. The second-order valence-corrected chi connectivity index (χ2v) is 5.53. The van der Waals surface area contributed by atoms with E-state index in [2.05, 4.69) is 28.9 Å². The molecule has 1 atom stereocenters. The normalized spacial score (nSPS) is 18.1. The van der Waals surface area contributed by atoms with E-state index in [0.717, 1.165) is 44.9 Å². The molecular formula is C16H27N3O. The fourth-order valence-corrected chi connectivity index (χ4v) is 2.78. The molecule has 1 fully saturated rings. The Hall–Kier alpha value is -1.26. The molecule has 0 bridgehead atoms. The molecule has 1 aliphatic heterocycles. The lowest BCUT2D eigenvalue weighted by Gasteiger charge is -2.37. The molecule has 1 aromatic rings. The van der Waals surface area contributed by atoms with E-state index in [0.29, 0.717) is 6.04 Å². The summed E-state index contributed by atoms with van der Waals surface area (Å²) in [6.07, 6.45) is 2.30. The average molecular weight is 277 g/mol. The highest BCUT2D eigenvalue weighted by molar-refractivity contribution is 5.49. The van der Waals surface area contributed by atoms with Crippen molar-refractivity contribution in [3.63, 3.8) is 0 Å². The van der Waals surface area contributed by atoms with Crippen LogP contribution >= 0.6 is 0 Å². The van der Waals surface area contributed by atoms with Gasteiger partial charge in [0.1, 0.15) is 5.75 Å². The number of benzene rings is 1. The predicted molar refractivity (Wildman–Crippen MR) is 84.5 cm³/mol. The van der Waals surface area contributed by atoms with Crippen LogP contribution in [0.3, 0.4) is 0 Å². The van der Waals surface area contributed by atoms with Crippen molar-refractivity contribution in [2.75, 3.05) is 44.7 Å². The molecule has 0 amide bonds. The van der Waals surface area contributed by atoms with Crippen molar-refractivity contribution >= 4 is 5.69 Å². The Kier molecular flexibility index (Phi) is 5.68. The zero-order valence-electron chi connectivity index (χ0n) is 12.7. The summed E-state index contributed by atoms with van der Waals surface area (Å²) < 4.78 is 5.20. The Bertz CT molecular complexity index is 385. The van der Waals surface area contributed by atoms with Crippen molar-refractivity contribution in [3.05, 3.63) is 24.3 Å². The van der Waals surface area contributed by atoms with Gasteiger partial charge in [0.05, 0.1) is 7.11 Å². The van der Waals surface area contributed by atoms with Gasteiger partial charge in [-0.1, -0.05) is 13.3 Å². The Balaban J connectivity index is 1.81.